The van der Waals surface area contributed by atoms with Crippen molar-refractivity contribution in [2.24, 2.45) is 33.7 Å². The molecule has 1 aliphatic rings. The number of rotatable bonds is 32. The fraction of sp³-hybridized carbons (Fsp3) is 0.846. The highest BCUT2D eigenvalue weighted by atomic mass is 16.3. The molecule has 0 unspecified atom stereocenters. The number of aliphatic imine (C=N–C) groups is 1. The van der Waals surface area contributed by atoms with Crippen molar-refractivity contribution in [2.75, 3.05) is 32.7 Å². The molecule has 0 saturated carbocycles. The lowest BCUT2D eigenvalue weighted by atomic mass is 10.0. The number of nitrogens with zero attached hydrogens (tertiary/aromatic N) is 3. The van der Waals surface area contributed by atoms with Crippen LogP contribution in [0.2, 0.25) is 0 Å². The second-order valence-corrected chi connectivity index (χ2v) is 15.0. The first kappa shape index (κ1) is 49.5. The summed E-state index contributed by atoms with van der Waals surface area (Å²) in [6.07, 6.45) is 17.8. The van der Waals surface area contributed by atoms with Crippen molar-refractivity contribution in [3.8, 4) is 0 Å². The topological polar surface area (TPSA) is 279 Å². The average molecular weight is 781 g/mol. The predicted molar refractivity (Wildman–Crippen MR) is 217 cm³/mol. The van der Waals surface area contributed by atoms with E-state index in [0.29, 0.717) is 45.1 Å². The van der Waals surface area contributed by atoms with Gasteiger partial charge in [-0.05, 0) is 64.8 Å². The maximum atomic E-state index is 14.3. The predicted octanol–water partition coefficient (Wildman–Crippen LogP) is 1.63. The van der Waals surface area contributed by atoms with E-state index in [9.17, 15) is 29.1 Å². The maximum Gasteiger partial charge on any atom is 0.246 e. The molecule has 1 rings (SSSR count). The number of aliphatic hydroxyl groups is 1. The summed E-state index contributed by atoms with van der Waals surface area (Å²) >= 11 is 0. The van der Waals surface area contributed by atoms with E-state index in [4.69, 9.17) is 28.7 Å². The first-order valence-corrected chi connectivity index (χ1v) is 21.0. The zero-order chi connectivity index (χ0) is 41.0. The van der Waals surface area contributed by atoms with Gasteiger partial charge in [0.25, 0.3) is 0 Å². The molecule has 0 spiro atoms. The number of carbonyl (C=O) groups is 5. The summed E-state index contributed by atoms with van der Waals surface area (Å²) < 4.78 is 0. The van der Waals surface area contributed by atoms with Crippen molar-refractivity contribution in [3.63, 3.8) is 0 Å². The molecule has 5 atom stereocenters. The molecule has 0 aliphatic carbocycles. The van der Waals surface area contributed by atoms with E-state index in [1.165, 1.54) is 80.9 Å². The molecule has 55 heavy (non-hydrogen) atoms. The fourth-order valence-electron chi connectivity index (χ4n) is 6.99. The normalized spacial score (nSPS) is 16.2. The van der Waals surface area contributed by atoms with Crippen LogP contribution in [0.1, 0.15) is 149 Å². The molecular formula is C39H76N10O6. The van der Waals surface area contributed by atoms with Crippen LogP contribution >= 0.6 is 0 Å². The van der Waals surface area contributed by atoms with Crippen LogP contribution in [0.5, 0.6) is 0 Å². The van der Waals surface area contributed by atoms with E-state index in [0.717, 1.165) is 19.3 Å². The molecule has 5 amide bonds. The molecule has 1 saturated heterocycles. The number of nitrogens with one attached hydrogen (secondary N) is 2. The molecule has 0 aromatic rings. The molecule has 1 fully saturated rings. The lowest BCUT2D eigenvalue weighted by Crippen LogP contribution is -2.59. The third-order valence-electron chi connectivity index (χ3n) is 10.3. The molecule has 0 radical (unpaired) electrons. The molecular weight excluding hydrogens is 704 g/mol. The van der Waals surface area contributed by atoms with Gasteiger partial charge in [0.05, 0.1) is 6.10 Å². The van der Waals surface area contributed by atoms with Gasteiger partial charge in [-0.3, -0.25) is 29.0 Å². The lowest BCUT2D eigenvalue weighted by Gasteiger charge is -2.36. The van der Waals surface area contributed by atoms with Gasteiger partial charge in [-0.25, -0.2) is 0 Å². The Bertz CT molecular complexity index is 1150. The molecule has 1 aliphatic heterocycles. The first-order chi connectivity index (χ1) is 26.3. The van der Waals surface area contributed by atoms with Crippen LogP contribution in [0.4, 0.5) is 0 Å². The zero-order valence-corrected chi connectivity index (χ0v) is 34.0. The number of carbonyl (C=O) groups excluding carboxylic acids is 5. The van der Waals surface area contributed by atoms with Crippen molar-refractivity contribution in [3.05, 3.63) is 0 Å². The maximum absolute atomic E-state index is 14.3. The first-order valence-electron chi connectivity index (χ1n) is 21.0. The highest BCUT2D eigenvalue weighted by molar-refractivity contribution is 5.95. The number of aliphatic hydroxyl groups excluding tert-OH is 1. The van der Waals surface area contributed by atoms with Gasteiger partial charge >= 0.3 is 0 Å². The summed E-state index contributed by atoms with van der Waals surface area (Å²) in [7, 11) is 0. The van der Waals surface area contributed by atoms with Crippen LogP contribution in [0.25, 0.3) is 0 Å². The number of unbranched alkanes of at least 4 members (excludes halogenated alkanes) is 13. The Morgan fingerprint density at radius 1 is 0.855 bits per heavy atom. The van der Waals surface area contributed by atoms with Gasteiger partial charge in [-0.2, -0.15) is 0 Å². The summed E-state index contributed by atoms with van der Waals surface area (Å²) in [6.45, 7) is 4.59. The summed E-state index contributed by atoms with van der Waals surface area (Å²) in [4.78, 5) is 73.4. The molecule has 0 bridgehead atoms. The number of guanidine groups is 1. The Kier molecular flexibility index (Phi) is 26.8. The van der Waals surface area contributed by atoms with Gasteiger partial charge in [0, 0.05) is 32.6 Å². The molecule has 318 valence electrons. The van der Waals surface area contributed by atoms with Crippen molar-refractivity contribution < 1.29 is 29.1 Å². The molecule has 1 heterocycles. The Hall–Kier alpha value is -3.50. The smallest absolute Gasteiger partial charge is 0.246 e. The second-order valence-electron chi connectivity index (χ2n) is 15.0. The van der Waals surface area contributed by atoms with Crippen LogP contribution < -0.4 is 39.3 Å². The Labute approximate surface area is 329 Å². The van der Waals surface area contributed by atoms with Gasteiger partial charge in [-0.15, -0.1) is 0 Å². The van der Waals surface area contributed by atoms with Gasteiger partial charge < -0.3 is 54.2 Å². The largest absolute Gasteiger partial charge is 0.391 e. The van der Waals surface area contributed by atoms with Crippen LogP contribution in [0, 0.1) is 0 Å². The third-order valence-corrected chi connectivity index (χ3v) is 10.3. The second kappa shape index (κ2) is 29.7. The monoisotopic (exact) mass is 781 g/mol. The van der Waals surface area contributed by atoms with Crippen LogP contribution in [0.15, 0.2) is 4.99 Å². The number of primary amides is 1. The Morgan fingerprint density at radius 2 is 1.45 bits per heavy atom. The van der Waals surface area contributed by atoms with E-state index in [1.807, 2.05) is 0 Å². The third kappa shape index (κ3) is 20.8. The summed E-state index contributed by atoms with van der Waals surface area (Å²) in [5.74, 6) is -2.59. The molecule has 0 aromatic heterocycles. The number of nitrogens with two attached hydrogens (primary N) is 5. The quantitative estimate of drug-likeness (QED) is 0.0278. The lowest BCUT2D eigenvalue weighted by molar-refractivity contribution is -0.149. The number of likely N-dealkylation sites (tertiary alicyclic amines) is 1. The molecule has 16 nitrogen and oxygen atoms in total. The van der Waals surface area contributed by atoms with Crippen LogP contribution in [0.3, 0.4) is 0 Å². The van der Waals surface area contributed by atoms with Gasteiger partial charge in [0.15, 0.2) is 5.96 Å². The minimum Gasteiger partial charge on any atom is -0.391 e. The molecule has 16 heteroatoms. The number of amides is 5. The van der Waals surface area contributed by atoms with Gasteiger partial charge in [0.1, 0.15) is 24.2 Å². The fourth-order valence-corrected chi connectivity index (χ4v) is 6.99. The Morgan fingerprint density at radius 3 is 2.00 bits per heavy atom. The Balaban J connectivity index is 2.90. The summed E-state index contributed by atoms with van der Waals surface area (Å²) in [6, 6.07) is -4.21. The minimum atomic E-state index is -1.24. The summed E-state index contributed by atoms with van der Waals surface area (Å²) in [5.41, 5.74) is 28.3. The standard InChI is InChI=1S/C39H76N10O6/c1-3-4-5-6-7-8-9-10-11-12-13-14-15-23-33(51)45-26-28-49(31(35(42)52)21-18-25-46-39(43)44)38(55)32-22-19-27-48(32)37(54)30(20-16-17-24-40)47-36(53)34(41)29(2)50/h29-32,34,50H,3-28,40-41H2,1-2H3,(H2,42,52)(H,45,51)(H,47,53)(H4,43,44,46)/t29-,30+,31+,32+,34+/m1/s1. The SMILES string of the molecule is CCCCCCCCCCCCCCCC(=O)NCCN(C(=O)[C@@H]1CCCN1C(=O)[C@H](CCCCN)NC(=O)[C@@H](N)[C@@H](C)O)[C@@H](CCCN=C(N)N)C(N)=O. The number of hydrogen-bond donors (Lipinski definition) is 8. The summed E-state index contributed by atoms with van der Waals surface area (Å²) in [5, 5.41) is 15.4. The zero-order valence-electron chi connectivity index (χ0n) is 34.0. The molecule has 13 N–H and O–H groups in total. The van der Waals surface area contributed by atoms with E-state index < -0.39 is 53.9 Å². The van der Waals surface area contributed by atoms with Crippen LogP contribution in [-0.2, 0) is 24.0 Å². The van der Waals surface area contributed by atoms with E-state index in [2.05, 4.69) is 22.5 Å². The van der Waals surface area contributed by atoms with Crippen LogP contribution in [-0.4, -0.2) is 113 Å². The van der Waals surface area contributed by atoms with Gasteiger partial charge in [0.2, 0.25) is 29.5 Å². The minimum absolute atomic E-state index is 0.00246. The van der Waals surface area contributed by atoms with E-state index in [-0.39, 0.29) is 50.9 Å². The molecule has 0 aromatic carbocycles. The van der Waals surface area contributed by atoms with Crippen molar-refractivity contribution >= 4 is 35.5 Å². The van der Waals surface area contributed by atoms with Gasteiger partial charge in [-0.1, -0.05) is 84.0 Å². The van der Waals surface area contributed by atoms with E-state index >= 15 is 0 Å². The average Bonchev–Trinajstić information content (AvgIpc) is 3.64. The number of hydrogen-bond acceptors (Lipinski definition) is 9. The van der Waals surface area contributed by atoms with E-state index in [1.54, 1.807) is 0 Å². The van der Waals surface area contributed by atoms with Crippen molar-refractivity contribution in [1.82, 2.24) is 20.4 Å². The highest BCUT2D eigenvalue weighted by Gasteiger charge is 2.42. The van der Waals surface area contributed by atoms with Crippen molar-refractivity contribution in [2.45, 2.75) is 179 Å². The highest BCUT2D eigenvalue weighted by Crippen LogP contribution is 2.24. The van der Waals surface area contributed by atoms with Crippen molar-refractivity contribution in [1.29, 1.82) is 0 Å².